The van der Waals surface area contributed by atoms with Crippen LogP contribution in [-0.4, -0.2) is 25.1 Å². The number of ether oxygens (including phenoxy) is 2. The van der Waals surface area contributed by atoms with E-state index in [4.69, 9.17) is 9.47 Å². The Morgan fingerprint density at radius 3 is 2.48 bits per heavy atom. The van der Waals surface area contributed by atoms with E-state index in [0.29, 0.717) is 22.9 Å². The highest BCUT2D eigenvalue weighted by Gasteiger charge is 2.14. The molecule has 3 rings (SSSR count). The smallest absolute Gasteiger partial charge is 0.275 e. The van der Waals surface area contributed by atoms with Crippen molar-refractivity contribution in [2.24, 2.45) is 0 Å². The van der Waals surface area contributed by atoms with Gasteiger partial charge in [0.05, 0.1) is 14.2 Å². The van der Waals surface area contributed by atoms with Crippen LogP contribution in [0.15, 0.2) is 52.3 Å². The van der Waals surface area contributed by atoms with Crippen molar-refractivity contribution >= 4 is 38.9 Å². The second-order valence-corrected chi connectivity index (χ2v) is 6.84. The van der Waals surface area contributed by atoms with Crippen LogP contribution >= 0.6 is 27.3 Å². The number of halogens is 1. The van der Waals surface area contributed by atoms with E-state index in [2.05, 4.69) is 26.2 Å². The number of benzene rings is 2. The highest BCUT2D eigenvalue weighted by Crippen LogP contribution is 2.33. The Bertz CT molecular complexity index is 894. The number of hydrogen-bond donors (Lipinski definition) is 1. The van der Waals surface area contributed by atoms with E-state index in [1.54, 1.807) is 19.6 Å². The van der Waals surface area contributed by atoms with E-state index >= 15 is 0 Å². The van der Waals surface area contributed by atoms with Gasteiger partial charge in [0, 0.05) is 21.1 Å². The number of carbonyl (C=O) groups is 1. The molecule has 0 spiro atoms. The second kappa shape index (κ2) is 7.67. The first-order valence-corrected chi connectivity index (χ1v) is 9.03. The Balaban J connectivity index is 1.80. The quantitative estimate of drug-likeness (QED) is 0.643. The molecule has 2 aromatic carbocycles. The number of rotatable bonds is 5. The highest BCUT2D eigenvalue weighted by atomic mass is 79.9. The van der Waals surface area contributed by atoms with Gasteiger partial charge in [-0.3, -0.25) is 4.79 Å². The number of nitrogens with zero attached hydrogens (tertiary/aromatic N) is 1. The van der Waals surface area contributed by atoms with Crippen molar-refractivity contribution in [2.75, 3.05) is 19.5 Å². The predicted octanol–water partition coefficient (Wildman–Crippen LogP) is 4.84. The molecule has 7 heteroatoms. The zero-order valence-corrected chi connectivity index (χ0v) is 16.0. The number of nitrogens with one attached hydrogen (secondary N) is 1. The Morgan fingerprint density at radius 2 is 1.80 bits per heavy atom. The molecule has 0 atom stereocenters. The van der Waals surface area contributed by atoms with Gasteiger partial charge in [-0.1, -0.05) is 15.9 Å². The van der Waals surface area contributed by atoms with Crippen molar-refractivity contribution in [1.82, 2.24) is 4.98 Å². The van der Waals surface area contributed by atoms with E-state index in [9.17, 15) is 4.79 Å². The summed E-state index contributed by atoms with van der Waals surface area (Å²) in [5.74, 6) is 1.03. The Kier molecular flexibility index (Phi) is 5.35. The lowest BCUT2D eigenvalue weighted by Crippen LogP contribution is -2.12. The lowest BCUT2D eigenvalue weighted by molar-refractivity contribution is 0.102. The first kappa shape index (κ1) is 17.4. The third kappa shape index (κ3) is 4.00. The number of thiazole rings is 1. The van der Waals surface area contributed by atoms with Crippen molar-refractivity contribution in [1.29, 1.82) is 0 Å². The fraction of sp³-hybridized carbons (Fsp3) is 0.111. The minimum absolute atomic E-state index is 0.245. The molecule has 0 aliphatic rings. The molecule has 0 fully saturated rings. The standard InChI is InChI=1S/C18H15BrN2O3S/c1-23-15-8-3-11(9-16(15)24-2)18-21-14(10-25-18)17(22)20-13-6-4-12(19)5-7-13/h3-10H,1-2H3,(H,20,22). The molecule has 1 N–H and O–H groups in total. The van der Waals surface area contributed by atoms with E-state index < -0.39 is 0 Å². The van der Waals surface area contributed by atoms with Crippen LogP contribution in [0.25, 0.3) is 10.6 Å². The fourth-order valence-electron chi connectivity index (χ4n) is 2.21. The van der Waals surface area contributed by atoms with Crippen molar-refractivity contribution in [3.63, 3.8) is 0 Å². The molecule has 0 radical (unpaired) electrons. The predicted molar refractivity (Wildman–Crippen MR) is 103 cm³/mol. The van der Waals surface area contributed by atoms with Gasteiger partial charge in [0.2, 0.25) is 0 Å². The highest BCUT2D eigenvalue weighted by molar-refractivity contribution is 9.10. The number of aromatic nitrogens is 1. The molecule has 0 aliphatic carbocycles. The van der Waals surface area contributed by atoms with Gasteiger partial charge in [0.25, 0.3) is 5.91 Å². The summed E-state index contributed by atoms with van der Waals surface area (Å²) in [7, 11) is 3.17. The van der Waals surface area contributed by atoms with E-state index in [1.165, 1.54) is 11.3 Å². The molecule has 0 unspecified atom stereocenters. The monoisotopic (exact) mass is 418 g/mol. The lowest BCUT2D eigenvalue weighted by atomic mass is 10.2. The van der Waals surface area contributed by atoms with Crippen LogP contribution in [-0.2, 0) is 0 Å². The number of carbonyl (C=O) groups excluding carboxylic acids is 1. The summed E-state index contributed by atoms with van der Waals surface area (Å²) in [5, 5.41) is 5.30. The Morgan fingerprint density at radius 1 is 1.08 bits per heavy atom. The van der Waals surface area contributed by atoms with Gasteiger partial charge >= 0.3 is 0 Å². The average Bonchev–Trinajstić information content (AvgIpc) is 3.13. The molecule has 1 aromatic heterocycles. The molecule has 1 heterocycles. The van der Waals surface area contributed by atoms with Crippen molar-refractivity contribution in [2.45, 2.75) is 0 Å². The van der Waals surface area contributed by atoms with Gasteiger partial charge in [-0.05, 0) is 42.5 Å². The van der Waals surface area contributed by atoms with Crippen LogP contribution in [0.5, 0.6) is 11.5 Å². The zero-order valence-electron chi connectivity index (χ0n) is 13.6. The maximum absolute atomic E-state index is 12.3. The summed E-state index contributed by atoms with van der Waals surface area (Å²) in [5.41, 5.74) is 1.96. The van der Waals surface area contributed by atoms with Crippen molar-refractivity contribution in [3.8, 4) is 22.1 Å². The third-order valence-corrected chi connectivity index (χ3v) is 4.89. The largest absolute Gasteiger partial charge is 0.493 e. The number of anilines is 1. The van der Waals surface area contributed by atoms with Crippen molar-refractivity contribution < 1.29 is 14.3 Å². The molecule has 0 saturated carbocycles. The first-order chi connectivity index (χ1) is 12.1. The molecular weight excluding hydrogens is 404 g/mol. The normalized spacial score (nSPS) is 10.4. The first-order valence-electron chi connectivity index (χ1n) is 7.35. The SMILES string of the molecule is COc1ccc(-c2nc(C(=O)Nc3ccc(Br)cc3)cs2)cc1OC. The summed E-state index contributed by atoms with van der Waals surface area (Å²) < 4.78 is 11.5. The topological polar surface area (TPSA) is 60.5 Å². The van der Waals surface area contributed by atoms with E-state index in [0.717, 1.165) is 15.0 Å². The molecule has 0 saturated heterocycles. The van der Waals surface area contributed by atoms with Gasteiger partial charge < -0.3 is 14.8 Å². The lowest BCUT2D eigenvalue weighted by Gasteiger charge is -2.08. The third-order valence-electron chi connectivity index (χ3n) is 3.47. The van der Waals surface area contributed by atoms with Gasteiger partial charge in [0.1, 0.15) is 10.7 Å². The number of amides is 1. The number of methoxy groups -OCH3 is 2. The molecule has 5 nitrogen and oxygen atoms in total. The summed E-state index contributed by atoms with van der Waals surface area (Å²) in [6, 6.07) is 12.9. The molecule has 25 heavy (non-hydrogen) atoms. The molecule has 0 aliphatic heterocycles. The summed E-state index contributed by atoms with van der Waals surface area (Å²) in [4.78, 5) is 16.8. The van der Waals surface area contributed by atoms with Gasteiger partial charge in [-0.2, -0.15) is 0 Å². The molecular formula is C18H15BrN2O3S. The fourth-order valence-corrected chi connectivity index (χ4v) is 3.27. The molecule has 1 amide bonds. The minimum atomic E-state index is -0.245. The molecule has 3 aromatic rings. The van der Waals surface area contributed by atoms with Crippen LogP contribution in [0.1, 0.15) is 10.5 Å². The minimum Gasteiger partial charge on any atom is -0.493 e. The summed E-state index contributed by atoms with van der Waals surface area (Å²) >= 11 is 4.77. The maximum Gasteiger partial charge on any atom is 0.275 e. The number of hydrogen-bond acceptors (Lipinski definition) is 5. The Hall–Kier alpha value is -2.38. The van der Waals surface area contributed by atoms with Crippen LogP contribution in [0, 0.1) is 0 Å². The van der Waals surface area contributed by atoms with Gasteiger partial charge in [-0.15, -0.1) is 11.3 Å². The molecule has 128 valence electrons. The van der Waals surface area contributed by atoms with Crippen LogP contribution < -0.4 is 14.8 Å². The Labute approximate surface area is 157 Å². The van der Waals surface area contributed by atoms with Crippen LogP contribution in [0.2, 0.25) is 0 Å². The van der Waals surface area contributed by atoms with Gasteiger partial charge in [-0.25, -0.2) is 4.98 Å². The van der Waals surface area contributed by atoms with Crippen LogP contribution in [0.3, 0.4) is 0 Å². The summed E-state index contributed by atoms with van der Waals surface area (Å²) in [6.07, 6.45) is 0. The van der Waals surface area contributed by atoms with Crippen molar-refractivity contribution in [3.05, 3.63) is 58.0 Å². The average molecular weight is 419 g/mol. The van der Waals surface area contributed by atoms with E-state index in [-0.39, 0.29) is 5.91 Å². The van der Waals surface area contributed by atoms with Crippen LogP contribution in [0.4, 0.5) is 5.69 Å². The zero-order chi connectivity index (χ0) is 17.8. The van der Waals surface area contributed by atoms with Gasteiger partial charge in [0.15, 0.2) is 11.5 Å². The summed E-state index contributed by atoms with van der Waals surface area (Å²) in [6.45, 7) is 0. The maximum atomic E-state index is 12.3. The second-order valence-electron chi connectivity index (χ2n) is 5.07. The molecule has 0 bridgehead atoms. The van der Waals surface area contributed by atoms with E-state index in [1.807, 2.05) is 42.5 Å².